The zero-order chi connectivity index (χ0) is 21.4. The van der Waals surface area contributed by atoms with Gasteiger partial charge < -0.3 is 10.2 Å². The molecular weight excluding hydrogens is 495 g/mol. The normalized spacial score (nSPS) is 11.8. The molecule has 29 heavy (non-hydrogen) atoms. The second kappa shape index (κ2) is 11.8. The van der Waals surface area contributed by atoms with Crippen LogP contribution in [0.5, 0.6) is 0 Å². The van der Waals surface area contributed by atoms with E-state index in [2.05, 4.69) is 21.2 Å². The number of likely N-dealkylation sites (N-methyl/N-ethyl adjacent to an activating group) is 1. The second-order valence-electron chi connectivity index (χ2n) is 6.45. The van der Waals surface area contributed by atoms with E-state index in [1.54, 1.807) is 24.0 Å². The largest absolute Gasteiger partial charge is 0.355 e. The van der Waals surface area contributed by atoms with Crippen molar-refractivity contribution >= 4 is 62.7 Å². The standard InChI is InChI=1S/C21H23BrCl2N2O2S/c1-3-25-21(28)14(2)26(11-15-4-7-17(22)8-5-15)20(27)13-29-12-16-6-9-18(23)10-19(16)24/h4-10,14H,3,11-13H2,1-2H3,(H,25,28)/t14-/m1/s1. The van der Waals surface area contributed by atoms with E-state index in [-0.39, 0.29) is 17.6 Å². The molecule has 0 bridgehead atoms. The molecule has 0 aromatic heterocycles. The van der Waals surface area contributed by atoms with E-state index in [9.17, 15) is 9.59 Å². The van der Waals surface area contributed by atoms with Crippen molar-refractivity contribution in [1.29, 1.82) is 0 Å². The number of rotatable bonds is 9. The molecule has 0 fully saturated rings. The summed E-state index contributed by atoms with van der Waals surface area (Å²) in [4.78, 5) is 26.9. The van der Waals surface area contributed by atoms with Gasteiger partial charge in [0.05, 0.1) is 5.75 Å². The molecule has 0 heterocycles. The van der Waals surface area contributed by atoms with Gasteiger partial charge in [-0.3, -0.25) is 9.59 Å². The Morgan fingerprint density at radius 1 is 1.17 bits per heavy atom. The fourth-order valence-corrected chi connectivity index (χ4v) is 4.39. The third-order valence-electron chi connectivity index (χ3n) is 4.28. The van der Waals surface area contributed by atoms with E-state index in [1.807, 2.05) is 37.3 Å². The van der Waals surface area contributed by atoms with Gasteiger partial charge in [0.2, 0.25) is 11.8 Å². The fraction of sp³-hybridized carbons (Fsp3) is 0.333. The van der Waals surface area contributed by atoms with Crippen molar-refractivity contribution in [1.82, 2.24) is 10.2 Å². The molecular formula is C21H23BrCl2N2O2S. The van der Waals surface area contributed by atoms with Crippen LogP contribution in [0.4, 0.5) is 0 Å². The van der Waals surface area contributed by atoms with E-state index in [0.717, 1.165) is 15.6 Å². The Morgan fingerprint density at radius 3 is 2.48 bits per heavy atom. The van der Waals surface area contributed by atoms with Gasteiger partial charge in [0, 0.05) is 33.4 Å². The first kappa shape index (κ1) is 24.1. The van der Waals surface area contributed by atoms with Crippen LogP contribution in [0.1, 0.15) is 25.0 Å². The molecule has 0 saturated carbocycles. The van der Waals surface area contributed by atoms with E-state index >= 15 is 0 Å². The predicted octanol–water partition coefficient (Wildman–Crippen LogP) is 5.54. The molecule has 0 radical (unpaired) electrons. The van der Waals surface area contributed by atoms with E-state index in [0.29, 0.717) is 28.9 Å². The van der Waals surface area contributed by atoms with Gasteiger partial charge >= 0.3 is 0 Å². The summed E-state index contributed by atoms with van der Waals surface area (Å²) in [5, 5.41) is 3.96. The van der Waals surface area contributed by atoms with Crippen LogP contribution in [-0.2, 0) is 21.9 Å². The maximum absolute atomic E-state index is 13.0. The van der Waals surface area contributed by atoms with Crippen LogP contribution in [0.25, 0.3) is 0 Å². The van der Waals surface area contributed by atoms with Crippen molar-refractivity contribution in [2.24, 2.45) is 0 Å². The summed E-state index contributed by atoms with van der Waals surface area (Å²) in [7, 11) is 0. The summed E-state index contributed by atoms with van der Waals surface area (Å²) in [6.07, 6.45) is 0. The van der Waals surface area contributed by atoms with Gasteiger partial charge in [0.25, 0.3) is 0 Å². The maximum atomic E-state index is 13.0. The van der Waals surface area contributed by atoms with Crippen molar-refractivity contribution < 1.29 is 9.59 Å². The van der Waals surface area contributed by atoms with Gasteiger partial charge in [-0.05, 0) is 49.2 Å². The number of nitrogens with zero attached hydrogens (tertiary/aromatic N) is 1. The van der Waals surface area contributed by atoms with Gasteiger partial charge in [-0.25, -0.2) is 0 Å². The quantitative estimate of drug-likeness (QED) is 0.474. The molecule has 4 nitrogen and oxygen atoms in total. The molecule has 0 saturated heterocycles. The molecule has 156 valence electrons. The molecule has 1 N–H and O–H groups in total. The predicted molar refractivity (Wildman–Crippen MR) is 125 cm³/mol. The fourth-order valence-electron chi connectivity index (χ4n) is 2.66. The third-order valence-corrected chi connectivity index (χ3v) is 6.36. The number of halogens is 3. The highest BCUT2D eigenvalue weighted by atomic mass is 79.9. The average Bonchev–Trinajstić information content (AvgIpc) is 2.68. The van der Waals surface area contributed by atoms with Gasteiger partial charge in [-0.1, -0.05) is 57.3 Å². The molecule has 0 unspecified atom stereocenters. The topological polar surface area (TPSA) is 49.4 Å². The number of amides is 2. The summed E-state index contributed by atoms with van der Waals surface area (Å²) in [6.45, 7) is 4.50. The molecule has 0 aliphatic rings. The van der Waals surface area contributed by atoms with Crippen molar-refractivity contribution in [3.63, 3.8) is 0 Å². The molecule has 8 heteroatoms. The van der Waals surface area contributed by atoms with Crippen LogP contribution >= 0.6 is 50.9 Å². The Hall–Kier alpha value is -1.21. The molecule has 2 aromatic rings. The number of hydrogen-bond donors (Lipinski definition) is 1. The Morgan fingerprint density at radius 2 is 1.86 bits per heavy atom. The Kier molecular flexibility index (Phi) is 9.83. The average molecular weight is 518 g/mol. The number of benzene rings is 2. The van der Waals surface area contributed by atoms with E-state index in [1.165, 1.54) is 11.8 Å². The molecule has 0 aliphatic carbocycles. The first-order valence-electron chi connectivity index (χ1n) is 9.15. The Balaban J connectivity index is 2.06. The summed E-state index contributed by atoms with van der Waals surface area (Å²) < 4.78 is 0.964. The zero-order valence-electron chi connectivity index (χ0n) is 16.3. The van der Waals surface area contributed by atoms with E-state index < -0.39 is 6.04 Å². The van der Waals surface area contributed by atoms with Gasteiger partial charge in [0.1, 0.15) is 6.04 Å². The lowest BCUT2D eigenvalue weighted by molar-refractivity contribution is -0.138. The zero-order valence-corrected chi connectivity index (χ0v) is 20.2. The maximum Gasteiger partial charge on any atom is 0.242 e. The van der Waals surface area contributed by atoms with Crippen molar-refractivity contribution in [3.8, 4) is 0 Å². The summed E-state index contributed by atoms with van der Waals surface area (Å²) in [5.41, 5.74) is 1.88. The van der Waals surface area contributed by atoms with Crippen molar-refractivity contribution in [2.45, 2.75) is 32.2 Å². The van der Waals surface area contributed by atoms with Crippen molar-refractivity contribution in [3.05, 3.63) is 68.1 Å². The highest BCUT2D eigenvalue weighted by Gasteiger charge is 2.25. The molecule has 2 aromatic carbocycles. The van der Waals surface area contributed by atoms with Crippen LogP contribution in [0.15, 0.2) is 46.9 Å². The molecule has 0 aliphatic heterocycles. The lowest BCUT2D eigenvalue weighted by Crippen LogP contribution is -2.48. The van der Waals surface area contributed by atoms with Crippen LogP contribution in [0.3, 0.4) is 0 Å². The highest BCUT2D eigenvalue weighted by Crippen LogP contribution is 2.25. The minimum atomic E-state index is -0.564. The number of carbonyl (C=O) groups is 2. The molecule has 2 amide bonds. The summed E-state index contributed by atoms with van der Waals surface area (Å²) in [5.74, 6) is 0.577. The van der Waals surface area contributed by atoms with E-state index in [4.69, 9.17) is 23.2 Å². The minimum absolute atomic E-state index is 0.0956. The van der Waals surface area contributed by atoms with Crippen LogP contribution in [-0.4, -0.2) is 35.1 Å². The van der Waals surface area contributed by atoms with Crippen LogP contribution < -0.4 is 5.32 Å². The third kappa shape index (κ3) is 7.52. The smallest absolute Gasteiger partial charge is 0.242 e. The number of hydrogen-bond acceptors (Lipinski definition) is 3. The Labute approximate surface area is 194 Å². The van der Waals surface area contributed by atoms with Crippen LogP contribution in [0.2, 0.25) is 10.0 Å². The molecule has 2 rings (SSSR count). The number of nitrogens with one attached hydrogen (secondary N) is 1. The SMILES string of the molecule is CCNC(=O)[C@@H](C)N(Cc1ccc(Br)cc1)C(=O)CSCc1ccc(Cl)cc1Cl. The lowest BCUT2D eigenvalue weighted by atomic mass is 10.1. The Bertz CT molecular complexity index is 849. The van der Waals surface area contributed by atoms with Gasteiger partial charge in [0.15, 0.2) is 0 Å². The summed E-state index contributed by atoms with van der Waals surface area (Å²) >= 11 is 17.0. The van der Waals surface area contributed by atoms with Crippen LogP contribution in [0, 0.1) is 0 Å². The van der Waals surface area contributed by atoms with Gasteiger partial charge in [-0.2, -0.15) is 0 Å². The second-order valence-corrected chi connectivity index (χ2v) is 9.19. The molecule has 0 spiro atoms. The number of carbonyl (C=O) groups excluding carboxylic acids is 2. The first-order chi connectivity index (χ1) is 13.8. The number of thioether (sulfide) groups is 1. The monoisotopic (exact) mass is 516 g/mol. The summed E-state index contributed by atoms with van der Waals surface area (Å²) in [6, 6.07) is 12.5. The van der Waals surface area contributed by atoms with Gasteiger partial charge in [-0.15, -0.1) is 11.8 Å². The lowest BCUT2D eigenvalue weighted by Gasteiger charge is -2.28. The minimum Gasteiger partial charge on any atom is -0.355 e. The van der Waals surface area contributed by atoms with Crippen molar-refractivity contribution in [2.75, 3.05) is 12.3 Å². The highest BCUT2D eigenvalue weighted by molar-refractivity contribution is 9.10. The first-order valence-corrected chi connectivity index (χ1v) is 11.9. The molecule has 1 atom stereocenters.